The van der Waals surface area contributed by atoms with Crippen molar-refractivity contribution >= 4 is 5.78 Å². The van der Waals surface area contributed by atoms with Crippen LogP contribution in [0.25, 0.3) is 0 Å². The number of Topliss-reactive ketones (excluding diaryl/α,β-unsaturated/α-hetero) is 1. The molecule has 1 N–H and O–H groups in total. The molecule has 0 heterocycles. The van der Waals surface area contributed by atoms with Crippen LogP contribution >= 0.6 is 0 Å². The molecule has 0 saturated heterocycles. The van der Waals surface area contributed by atoms with Crippen molar-refractivity contribution in [3.63, 3.8) is 0 Å². The molecule has 0 saturated carbocycles. The minimum atomic E-state index is -0.270. The van der Waals surface area contributed by atoms with Gasteiger partial charge in [-0.2, -0.15) is 0 Å². The Morgan fingerprint density at radius 1 is 1.18 bits per heavy atom. The van der Waals surface area contributed by atoms with Crippen molar-refractivity contribution in [2.45, 2.75) is 41.0 Å². The number of ketones is 1. The van der Waals surface area contributed by atoms with E-state index < -0.39 is 0 Å². The fourth-order valence-corrected chi connectivity index (χ4v) is 2.19. The van der Waals surface area contributed by atoms with Gasteiger partial charge >= 0.3 is 0 Å². The van der Waals surface area contributed by atoms with Crippen molar-refractivity contribution in [1.82, 2.24) is 0 Å². The number of aryl methyl sites for hydroxylation is 2. The third-order valence-electron chi connectivity index (χ3n) is 3.70. The molecule has 1 aromatic carbocycles. The fourth-order valence-electron chi connectivity index (χ4n) is 2.19. The molecule has 0 aliphatic heterocycles. The normalized spacial score (nSPS) is 12.6. The molecule has 2 nitrogen and oxygen atoms in total. The van der Waals surface area contributed by atoms with Crippen LogP contribution < -0.4 is 0 Å². The summed E-state index contributed by atoms with van der Waals surface area (Å²) in [6.45, 7) is 9.89. The second-order valence-corrected chi connectivity index (χ2v) is 4.79. The molecule has 1 unspecified atom stereocenters. The smallest absolute Gasteiger partial charge is 0.168 e. The van der Waals surface area contributed by atoms with E-state index in [0.29, 0.717) is 6.42 Å². The first-order chi connectivity index (χ1) is 7.93. The summed E-state index contributed by atoms with van der Waals surface area (Å²) in [6.07, 6.45) is 0.682. The van der Waals surface area contributed by atoms with Gasteiger partial charge in [-0.3, -0.25) is 4.79 Å². The summed E-state index contributed by atoms with van der Waals surface area (Å²) in [6, 6.07) is 2.11. The topological polar surface area (TPSA) is 37.3 Å². The predicted molar refractivity (Wildman–Crippen MR) is 70.6 cm³/mol. The number of rotatable bonds is 4. The first-order valence-corrected chi connectivity index (χ1v) is 6.16. The maximum absolute atomic E-state index is 12.4. The third kappa shape index (κ3) is 2.58. The largest absolute Gasteiger partial charge is 0.396 e. The van der Waals surface area contributed by atoms with E-state index in [1.165, 1.54) is 0 Å². The molecule has 0 aliphatic carbocycles. The summed E-state index contributed by atoms with van der Waals surface area (Å²) >= 11 is 0. The number of aliphatic hydroxyl groups is 1. The average molecular weight is 234 g/mol. The molecule has 1 aromatic rings. The van der Waals surface area contributed by atoms with Gasteiger partial charge in [0.15, 0.2) is 5.78 Å². The third-order valence-corrected chi connectivity index (χ3v) is 3.70. The van der Waals surface area contributed by atoms with Gasteiger partial charge in [-0.1, -0.05) is 13.0 Å². The van der Waals surface area contributed by atoms with Crippen molar-refractivity contribution in [1.29, 1.82) is 0 Å². The van der Waals surface area contributed by atoms with Gasteiger partial charge in [0.2, 0.25) is 0 Å². The molecular weight excluding hydrogens is 212 g/mol. The lowest BCUT2D eigenvalue weighted by molar-refractivity contribution is 0.0855. The molecule has 0 fully saturated rings. The Morgan fingerprint density at radius 2 is 1.65 bits per heavy atom. The highest BCUT2D eigenvalue weighted by Gasteiger charge is 2.22. The van der Waals surface area contributed by atoms with Gasteiger partial charge in [0.1, 0.15) is 0 Å². The van der Waals surface area contributed by atoms with Crippen LogP contribution in [-0.2, 0) is 0 Å². The van der Waals surface area contributed by atoms with Crippen molar-refractivity contribution in [2.75, 3.05) is 6.61 Å². The van der Waals surface area contributed by atoms with E-state index in [0.717, 1.165) is 27.8 Å². The zero-order chi connectivity index (χ0) is 13.2. The van der Waals surface area contributed by atoms with Gasteiger partial charge in [0.25, 0.3) is 0 Å². The Kier molecular flexibility index (Phi) is 4.47. The summed E-state index contributed by atoms with van der Waals surface area (Å²) < 4.78 is 0. The Hall–Kier alpha value is -1.15. The van der Waals surface area contributed by atoms with Crippen molar-refractivity contribution in [2.24, 2.45) is 5.92 Å². The van der Waals surface area contributed by atoms with Gasteiger partial charge in [-0.15, -0.1) is 0 Å². The zero-order valence-corrected chi connectivity index (χ0v) is 11.4. The Labute approximate surface area is 104 Å². The molecule has 94 valence electrons. The lowest BCUT2D eigenvalue weighted by Gasteiger charge is -2.18. The first-order valence-electron chi connectivity index (χ1n) is 6.16. The maximum Gasteiger partial charge on any atom is 0.168 e. The zero-order valence-electron chi connectivity index (χ0n) is 11.4. The van der Waals surface area contributed by atoms with Gasteiger partial charge in [0, 0.05) is 11.5 Å². The molecule has 1 rings (SSSR count). The molecule has 2 heteroatoms. The summed E-state index contributed by atoms with van der Waals surface area (Å²) in [5.74, 6) is -0.189. The highest BCUT2D eigenvalue weighted by Crippen LogP contribution is 2.25. The van der Waals surface area contributed by atoms with E-state index in [2.05, 4.69) is 6.07 Å². The van der Waals surface area contributed by atoms with Crippen LogP contribution in [0.2, 0.25) is 0 Å². The number of benzene rings is 1. The summed E-state index contributed by atoms with van der Waals surface area (Å²) in [5, 5.41) is 9.26. The minimum absolute atomic E-state index is 0.0683. The second kappa shape index (κ2) is 5.46. The molecule has 0 aromatic heterocycles. The lowest BCUT2D eigenvalue weighted by Crippen LogP contribution is -2.20. The summed E-state index contributed by atoms with van der Waals surface area (Å²) in [5.41, 5.74) is 5.19. The van der Waals surface area contributed by atoms with E-state index in [-0.39, 0.29) is 18.3 Å². The molecule has 0 bridgehead atoms. The van der Waals surface area contributed by atoms with E-state index in [4.69, 9.17) is 0 Å². The molecule has 17 heavy (non-hydrogen) atoms. The maximum atomic E-state index is 12.4. The molecule has 0 aliphatic rings. The summed E-state index contributed by atoms with van der Waals surface area (Å²) in [4.78, 5) is 12.4. The number of hydrogen-bond donors (Lipinski definition) is 1. The van der Waals surface area contributed by atoms with Crippen LogP contribution in [-0.4, -0.2) is 17.5 Å². The fraction of sp³-hybridized carbons (Fsp3) is 0.533. The highest BCUT2D eigenvalue weighted by atomic mass is 16.3. The van der Waals surface area contributed by atoms with Gasteiger partial charge in [-0.25, -0.2) is 0 Å². The van der Waals surface area contributed by atoms with Crippen molar-refractivity contribution < 1.29 is 9.90 Å². The number of aliphatic hydroxyl groups excluding tert-OH is 1. The lowest BCUT2D eigenvalue weighted by atomic mass is 9.86. The second-order valence-electron chi connectivity index (χ2n) is 4.79. The quantitative estimate of drug-likeness (QED) is 0.813. The van der Waals surface area contributed by atoms with Crippen molar-refractivity contribution in [3.05, 3.63) is 33.9 Å². The number of carbonyl (C=O) groups excluding carboxylic acids is 1. The first kappa shape index (κ1) is 13.9. The molecular formula is C15H22O2. The SMILES string of the molecule is CCC(CO)C(=O)c1c(C)c(C)cc(C)c1C. The van der Waals surface area contributed by atoms with Crippen LogP contribution in [0, 0.1) is 33.6 Å². The standard InChI is InChI=1S/C15H22O2/c1-6-13(8-16)15(17)14-11(4)9(2)7-10(3)12(14)5/h7,13,16H,6,8H2,1-5H3. The Morgan fingerprint density at radius 3 is 2.00 bits per heavy atom. The molecule has 0 spiro atoms. The van der Waals surface area contributed by atoms with Crippen LogP contribution in [0.4, 0.5) is 0 Å². The van der Waals surface area contributed by atoms with Crippen LogP contribution in [0.5, 0.6) is 0 Å². The van der Waals surface area contributed by atoms with Gasteiger partial charge in [-0.05, 0) is 56.4 Å². The van der Waals surface area contributed by atoms with Gasteiger partial charge in [0.05, 0.1) is 6.61 Å². The van der Waals surface area contributed by atoms with Crippen LogP contribution in [0.3, 0.4) is 0 Å². The number of hydrogen-bond acceptors (Lipinski definition) is 2. The monoisotopic (exact) mass is 234 g/mol. The molecule has 1 atom stereocenters. The minimum Gasteiger partial charge on any atom is -0.396 e. The van der Waals surface area contributed by atoms with Crippen LogP contribution in [0.1, 0.15) is 46.0 Å². The van der Waals surface area contributed by atoms with Crippen molar-refractivity contribution in [3.8, 4) is 0 Å². The van der Waals surface area contributed by atoms with Crippen LogP contribution in [0.15, 0.2) is 6.07 Å². The predicted octanol–water partition coefficient (Wildman–Crippen LogP) is 3.12. The van der Waals surface area contributed by atoms with E-state index in [9.17, 15) is 9.90 Å². The molecule has 0 radical (unpaired) electrons. The number of carbonyl (C=O) groups is 1. The van der Waals surface area contributed by atoms with E-state index in [1.807, 2.05) is 34.6 Å². The highest BCUT2D eigenvalue weighted by molar-refractivity contribution is 6.01. The average Bonchev–Trinajstić information content (AvgIpc) is 2.28. The Balaban J connectivity index is 3.35. The Bertz CT molecular complexity index is 403. The van der Waals surface area contributed by atoms with E-state index in [1.54, 1.807) is 0 Å². The molecule has 0 amide bonds. The summed E-state index contributed by atoms with van der Waals surface area (Å²) in [7, 11) is 0. The van der Waals surface area contributed by atoms with Gasteiger partial charge < -0.3 is 5.11 Å². The van der Waals surface area contributed by atoms with E-state index >= 15 is 0 Å².